The van der Waals surface area contributed by atoms with E-state index in [0.717, 1.165) is 5.56 Å². The molecule has 1 atom stereocenters. The standard InChI is InChI=1S/C16H14Cl3NO2S/c1-22-20-16(13-7-6-12(17)8-15(13)19)10-23(21)9-11-4-2-3-5-14(11)18/h2-8H,9-10H2,1H3/b20-16+/t23-/m1/s1. The molecule has 0 aliphatic heterocycles. The lowest BCUT2D eigenvalue weighted by molar-refractivity contribution is 0.213. The topological polar surface area (TPSA) is 38.7 Å². The first-order valence-corrected chi connectivity index (χ1v) is 9.27. The number of oxime groups is 1. The van der Waals surface area contributed by atoms with Gasteiger partial charge >= 0.3 is 0 Å². The Morgan fingerprint density at radius 2 is 1.87 bits per heavy atom. The summed E-state index contributed by atoms with van der Waals surface area (Å²) in [6.07, 6.45) is 0. The first-order chi connectivity index (χ1) is 11.0. The lowest BCUT2D eigenvalue weighted by Crippen LogP contribution is -2.15. The maximum atomic E-state index is 12.4. The maximum absolute atomic E-state index is 12.4. The summed E-state index contributed by atoms with van der Waals surface area (Å²) in [7, 11) is 0.218. The monoisotopic (exact) mass is 389 g/mol. The van der Waals surface area contributed by atoms with Gasteiger partial charge in [0.05, 0.1) is 16.5 Å². The van der Waals surface area contributed by atoms with Gasteiger partial charge in [-0.2, -0.15) is 0 Å². The van der Waals surface area contributed by atoms with Crippen LogP contribution in [-0.4, -0.2) is 22.8 Å². The first kappa shape index (κ1) is 18.3. The molecule has 0 fully saturated rings. The molecule has 0 unspecified atom stereocenters. The summed E-state index contributed by atoms with van der Waals surface area (Å²) in [6, 6.07) is 12.4. The van der Waals surface area contributed by atoms with Crippen molar-refractivity contribution in [2.45, 2.75) is 5.75 Å². The third-order valence-corrected chi connectivity index (χ3v) is 5.16. The number of benzene rings is 2. The molecule has 0 aliphatic carbocycles. The molecule has 0 N–H and O–H groups in total. The van der Waals surface area contributed by atoms with E-state index >= 15 is 0 Å². The molecule has 0 radical (unpaired) electrons. The largest absolute Gasteiger partial charge is 0.399 e. The molecular weight excluding hydrogens is 377 g/mol. The molecule has 0 aliphatic rings. The van der Waals surface area contributed by atoms with E-state index in [2.05, 4.69) is 5.16 Å². The normalized spacial score (nSPS) is 13.0. The Morgan fingerprint density at radius 3 is 2.52 bits per heavy atom. The second-order valence-corrected chi connectivity index (χ2v) is 7.37. The zero-order chi connectivity index (χ0) is 16.8. The van der Waals surface area contributed by atoms with Gasteiger partial charge in [-0.15, -0.1) is 0 Å². The molecule has 0 heterocycles. The molecule has 0 saturated heterocycles. The van der Waals surface area contributed by atoms with E-state index in [4.69, 9.17) is 39.6 Å². The summed E-state index contributed by atoms with van der Waals surface area (Å²) >= 11 is 18.2. The fourth-order valence-corrected chi connectivity index (χ4v) is 3.99. The minimum atomic E-state index is -1.21. The molecule has 0 amide bonds. The Bertz CT molecular complexity index is 750. The third kappa shape index (κ3) is 5.21. The van der Waals surface area contributed by atoms with Crippen LogP contribution in [0.3, 0.4) is 0 Å². The maximum Gasteiger partial charge on any atom is 0.106 e. The van der Waals surface area contributed by atoms with Crippen LogP contribution in [0.1, 0.15) is 11.1 Å². The van der Waals surface area contributed by atoms with Crippen LogP contribution in [0, 0.1) is 0 Å². The second kappa shape index (κ2) is 8.69. The molecule has 2 aromatic rings. The molecule has 23 heavy (non-hydrogen) atoms. The number of nitrogens with zero attached hydrogens (tertiary/aromatic N) is 1. The van der Waals surface area contributed by atoms with Gasteiger partial charge in [0.25, 0.3) is 0 Å². The van der Waals surface area contributed by atoms with E-state index in [0.29, 0.717) is 32.1 Å². The molecule has 0 saturated carbocycles. The highest BCUT2D eigenvalue weighted by atomic mass is 35.5. The van der Waals surface area contributed by atoms with Crippen molar-refractivity contribution >= 4 is 51.3 Å². The quantitative estimate of drug-likeness (QED) is 0.517. The summed E-state index contributed by atoms with van der Waals surface area (Å²) in [5, 5.41) is 5.50. The number of hydrogen-bond donors (Lipinski definition) is 0. The van der Waals surface area contributed by atoms with E-state index in [1.807, 2.05) is 18.2 Å². The smallest absolute Gasteiger partial charge is 0.106 e. The SMILES string of the molecule is CO/N=C(\C[S@](=O)Cc1ccccc1Cl)c1ccc(Cl)cc1Cl. The molecule has 7 heteroatoms. The zero-order valence-corrected chi connectivity index (χ0v) is 15.3. The summed E-state index contributed by atoms with van der Waals surface area (Å²) in [4.78, 5) is 4.85. The van der Waals surface area contributed by atoms with Crippen LogP contribution in [0.25, 0.3) is 0 Å². The summed E-state index contributed by atoms with van der Waals surface area (Å²) in [5.41, 5.74) is 1.97. The predicted octanol–water partition coefficient (Wildman–Crippen LogP) is 4.95. The van der Waals surface area contributed by atoms with Gasteiger partial charge in [-0.25, -0.2) is 0 Å². The molecule has 3 nitrogen and oxygen atoms in total. The molecular formula is C16H14Cl3NO2S. The van der Waals surface area contributed by atoms with Gasteiger partial charge in [0.15, 0.2) is 0 Å². The number of rotatable bonds is 6. The lowest BCUT2D eigenvalue weighted by Gasteiger charge is -2.09. The van der Waals surface area contributed by atoms with Crippen molar-refractivity contribution in [2.24, 2.45) is 5.16 Å². The van der Waals surface area contributed by atoms with Crippen LogP contribution in [0.4, 0.5) is 0 Å². The van der Waals surface area contributed by atoms with Gasteiger partial charge in [-0.05, 0) is 23.8 Å². The predicted molar refractivity (Wildman–Crippen MR) is 98.2 cm³/mol. The summed E-state index contributed by atoms with van der Waals surface area (Å²) < 4.78 is 12.4. The summed E-state index contributed by atoms with van der Waals surface area (Å²) in [5.74, 6) is 0.522. The van der Waals surface area contributed by atoms with Crippen molar-refractivity contribution in [3.63, 3.8) is 0 Å². The highest BCUT2D eigenvalue weighted by Crippen LogP contribution is 2.23. The fourth-order valence-electron chi connectivity index (χ4n) is 1.98. The molecule has 122 valence electrons. The minimum absolute atomic E-state index is 0.195. The highest BCUT2D eigenvalue weighted by Gasteiger charge is 2.15. The van der Waals surface area contributed by atoms with Crippen molar-refractivity contribution in [3.8, 4) is 0 Å². The van der Waals surface area contributed by atoms with Crippen LogP contribution in [0.2, 0.25) is 15.1 Å². The van der Waals surface area contributed by atoms with E-state index in [1.54, 1.807) is 24.3 Å². The molecule has 0 aromatic heterocycles. The fraction of sp³-hybridized carbons (Fsp3) is 0.188. The van der Waals surface area contributed by atoms with Gasteiger partial charge < -0.3 is 4.84 Å². The number of halogens is 3. The van der Waals surface area contributed by atoms with Gasteiger partial charge in [-0.3, -0.25) is 4.21 Å². The first-order valence-electron chi connectivity index (χ1n) is 6.65. The summed E-state index contributed by atoms with van der Waals surface area (Å²) in [6.45, 7) is 0. The Labute approximate surface area is 152 Å². The number of hydrogen-bond acceptors (Lipinski definition) is 3. The average Bonchev–Trinajstić information content (AvgIpc) is 2.49. The molecule has 2 rings (SSSR count). The van der Waals surface area contributed by atoms with Crippen molar-refractivity contribution in [1.29, 1.82) is 0 Å². The van der Waals surface area contributed by atoms with Crippen LogP contribution in [-0.2, 0) is 21.4 Å². The molecule has 0 bridgehead atoms. The Morgan fingerprint density at radius 1 is 1.13 bits per heavy atom. The minimum Gasteiger partial charge on any atom is -0.399 e. The second-order valence-electron chi connectivity index (χ2n) is 4.66. The van der Waals surface area contributed by atoms with Crippen LogP contribution >= 0.6 is 34.8 Å². The zero-order valence-electron chi connectivity index (χ0n) is 12.3. The third-order valence-electron chi connectivity index (χ3n) is 3.02. The van der Waals surface area contributed by atoms with E-state index in [1.165, 1.54) is 7.11 Å². The molecule has 0 spiro atoms. The lowest BCUT2D eigenvalue weighted by atomic mass is 10.1. The molecule has 2 aromatic carbocycles. The van der Waals surface area contributed by atoms with Crippen molar-refractivity contribution in [1.82, 2.24) is 0 Å². The van der Waals surface area contributed by atoms with Gasteiger partial charge in [-0.1, -0.05) is 64.2 Å². The van der Waals surface area contributed by atoms with Crippen LogP contribution in [0.5, 0.6) is 0 Å². The van der Waals surface area contributed by atoms with Crippen molar-refractivity contribution < 1.29 is 9.05 Å². The highest BCUT2D eigenvalue weighted by molar-refractivity contribution is 7.85. The van der Waals surface area contributed by atoms with Crippen LogP contribution < -0.4 is 0 Å². The van der Waals surface area contributed by atoms with Gasteiger partial charge in [0, 0.05) is 26.4 Å². The van der Waals surface area contributed by atoms with Crippen LogP contribution in [0.15, 0.2) is 47.6 Å². The van der Waals surface area contributed by atoms with Crippen molar-refractivity contribution in [2.75, 3.05) is 12.9 Å². The van der Waals surface area contributed by atoms with E-state index in [9.17, 15) is 4.21 Å². The van der Waals surface area contributed by atoms with Crippen molar-refractivity contribution in [3.05, 3.63) is 68.7 Å². The van der Waals surface area contributed by atoms with Gasteiger partial charge in [0.2, 0.25) is 0 Å². The average molecular weight is 391 g/mol. The Kier molecular flexibility index (Phi) is 6.90. The van der Waals surface area contributed by atoms with E-state index in [-0.39, 0.29) is 5.75 Å². The van der Waals surface area contributed by atoms with E-state index < -0.39 is 10.8 Å². The Hall–Kier alpha value is -1.07. The Balaban J connectivity index is 2.18. The van der Waals surface area contributed by atoms with Gasteiger partial charge in [0.1, 0.15) is 12.8 Å².